The van der Waals surface area contributed by atoms with Crippen LogP contribution >= 0.6 is 0 Å². The van der Waals surface area contributed by atoms with Gasteiger partial charge < -0.3 is 5.32 Å². The summed E-state index contributed by atoms with van der Waals surface area (Å²) in [5, 5.41) is 3.52. The summed E-state index contributed by atoms with van der Waals surface area (Å²) >= 11 is 0. The Morgan fingerprint density at radius 1 is 1.17 bits per heavy atom. The monoisotopic (exact) mass is 166 g/mol. The maximum Gasteiger partial charge on any atom is 0.0264 e. The lowest BCUT2D eigenvalue weighted by atomic mass is 9.99. The maximum atomic E-state index is 3.52. The lowest BCUT2D eigenvalue weighted by Gasteiger charge is -2.33. The van der Waals surface area contributed by atoms with Gasteiger partial charge in [-0.25, -0.2) is 0 Å². The Bertz CT molecular complexity index is 181. The van der Waals surface area contributed by atoms with Crippen LogP contribution in [0.2, 0.25) is 0 Å². The van der Waals surface area contributed by atoms with Gasteiger partial charge in [0.1, 0.15) is 0 Å². The second kappa shape index (κ2) is 2.71. The smallest absolute Gasteiger partial charge is 0.0264 e. The molecule has 0 aromatic carbocycles. The maximum absolute atomic E-state index is 3.52. The molecule has 3 heterocycles. The highest BCUT2D eigenvalue weighted by atomic mass is 15.3. The Labute approximate surface area is 74.3 Å². The minimum absolute atomic E-state index is 0.912. The first-order chi connectivity index (χ1) is 5.95. The highest BCUT2D eigenvalue weighted by molar-refractivity contribution is 5.00. The van der Waals surface area contributed by atoms with Crippen LogP contribution in [0, 0.1) is 5.92 Å². The summed E-state index contributed by atoms with van der Waals surface area (Å²) in [5.41, 5.74) is 0. The number of hydrogen-bond donors (Lipinski definition) is 1. The molecule has 0 radical (unpaired) electrons. The molecule has 2 nitrogen and oxygen atoms in total. The molecule has 1 N–H and O–H groups in total. The molecule has 3 fully saturated rings. The summed E-state index contributed by atoms with van der Waals surface area (Å²) in [6, 6.07) is 1.88. The summed E-state index contributed by atoms with van der Waals surface area (Å²) in [6.07, 6.45) is 5.89. The average molecular weight is 166 g/mol. The molecule has 3 rings (SSSR count). The molecule has 0 aromatic heterocycles. The fourth-order valence-electron chi connectivity index (χ4n) is 3.41. The second-order valence-electron chi connectivity index (χ2n) is 4.61. The third-order valence-electron chi connectivity index (χ3n) is 3.98. The molecule has 3 saturated heterocycles. The van der Waals surface area contributed by atoms with Crippen molar-refractivity contribution in [3.8, 4) is 0 Å². The van der Waals surface area contributed by atoms with Crippen molar-refractivity contribution in [2.24, 2.45) is 5.92 Å². The van der Waals surface area contributed by atoms with Crippen LogP contribution in [0.3, 0.4) is 0 Å². The van der Waals surface area contributed by atoms with Gasteiger partial charge in [0.15, 0.2) is 0 Å². The minimum Gasteiger partial charge on any atom is -0.315 e. The summed E-state index contributed by atoms with van der Waals surface area (Å²) in [6.45, 7) is 3.94. The van der Waals surface area contributed by atoms with Crippen molar-refractivity contribution in [3.63, 3.8) is 0 Å². The van der Waals surface area contributed by atoms with Crippen LogP contribution in [-0.4, -0.2) is 36.6 Å². The first-order valence-corrected chi connectivity index (χ1v) is 5.41. The van der Waals surface area contributed by atoms with E-state index in [0.29, 0.717) is 0 Å². The number of nitrogens with one attached hydrogen (secondary N) is 1. The third kappa shape index (κ3) is 0.944. The SMILES string of the molecule is C1CCN2[C@H](C1)C[C@H]1CNC[C@@H]12. The molecule has 0 bridgehead atoms. The third-order valence-corrected chi connectivity index (χ3v) is 3.98. The molecule has 0 saturated carbocycles. The first kappa shape index (κ1) is 7.34. The quantitative estimate of drug-likeness (QED) is 0.573. The molecule has 0 unspecified atom stereocenters. The van der Waals surface area contributed by atoms with Gasteiger partial charge in [-0.1, -0.05) is 6.42 Å². The van der Waals surface area contributed by atoms with Crippen molar-refractivity contribution in [2.75, 3.05) is 19.6 Å². The van der Waals surface area contributed by atoms with E-state index >= 15 is 0 Å². The number of piperidine rings is 1. The van der Waals surface area contributed by atoms with E-state index in [1.165, 1.54) is 45.3 Å². The molecule has 68 valence electrons. The Hall–Kier alpha value is -0.0800. The van der Waals surface area contributed by atoms with Gasteiger partial charge in [-0.3, -0.25) is 4.90 Å². The molecule has 12 heavy (non-hydrogen) atoms. The van der Waals surface area contributed by atoms with E-state index in [9.17, 15) is 0 Å². The van der Waals surface area contributed by atoms with Crippen LogP contribution in [0.25, 0.3) is 0 Å². The van der Waals surface area contributed by atoms with Crippen molar-refractivity contribution < 1.29 is 0 Å². The van der Waals surface area contributed by atoms with E-state index in [0.717, 1.165) is 18.0 Å². The van der Waals surface area contributed by atoms with Crippen LogP contribution in [0.4, 0.5) is 0 Å². The molecule has 3 aliphatic rings. The van der Waals surface area contributed by atoms with Crippen LogP contribution in [0.1, 0.15) is 25.7 Å². The van der Waals surface area contributed by atoms with Gasteiger partial charge >= 0.3 is 0 Å². The van der Waals surface area contributed by atoms with Gasteiger partial charge in [-0.15, -0.1) is 0 Å². The van der Waals surface area contributed by atoms with E-state index in [1.807, 2.05) is 0 Å². The molecule has 3 atom stereocenters. The fraction of sp³-hybridized carbons (Fsp3) is 1.00. The van der Waals surface area contributed by atoms with Crippen LogP contribution in [0.15, 0.2) is 0 Å². The van der Waals surface area contributed by atoms with Gasteiger partial charge in [0.05, 0.1) is 0 Å². The minimum atomic E-state index is 0.912. The van der Waals surface area contributed by atoms with Crippen LogP contribution < -0.4 is 5.32 Å². The Balaban J connectivity index is 1.79. The lowest BCUT2D eigenvalue weighted by Crippen LogP contribution is -2.42. The van der Waals surface area contributed by atoms with E-state index in [2.05, 4.69) is 10.2 Å². The molecular weight excluding hydrogens is 148 g/mol. The number of rotatable bonds is 0. The molecule has 2 heteroatoms. The van der Waals surface area contributed by atoms with Gasteiger partial charge in [0.25, 0.3) is 0 Å². The Kier molecular flexibility index (Phi) is 1.66. The molecule has 0 aliphatic carbocycles. The van der Waals surface area contributed by atoms with Crippen molar-refractivity contribution in [2.45, 2.75) is 37.8 Å². The zero-order valence-corrected chi connectivity index (χ0v) is 7.63. The zero-order chi connectivity index (χ0) is 7.97. The first-order valence-electron chi connectivity index (χ1n) is 5.41. The van der Waals surface area contributed by atoms with E-state index in [1.54, 1.807) is 0 Å². The summed E-state index contributed by atoms with van der Waals surface area (Å²) in [4.78, 5) is 2.79. The lowest BCUT2D eigenvalue weighted by molar-refractivity contribution is 0.151. The summed E-state index contributed by atoms with van der Waals surface area (Å²) in [5.74, 6) is 0.994. The predicted molar refractivity (Wildman–Crippen MR) is 49.1 cm³/mol. The van der Waals surface area contributed by atoms with Gasteiger partial charge in [-0.05, 0) is 38.3 Å². The second-order valence-corrected chi connectivity index (χ2v) is 4.61. The van der Waals surface area contributed by atoms with Crippen molar-refractivity contribution in [3.05, 3.63) is 0 Å². The van der Waals surface area contributed by atoms with E-state index in [-0.39, 0.29) is 0 Å². The molecule has 0 amide bonds. The predicted octanol–water partition coefficient (Wildman–Crippen LogP) is 0.833. The van der Waals surface area contributed by atoms with Crippen LogP contribution in [0.5, 0.6) is 0 Å². The van der Waals surface area contributed by atoms with Gasteiger partial charge in [0.2, 0.25) is 0 Å². The van der Waals surface area contributed by atoms with Gasteiger partial charge in [-0.2, -0.15) is 0 Å². The zero-order valence-electron chi connectivity index (χ0n) is 7.63. The van der Waals surface area contributed by atoms with Crippen molar-refractivity contribution in [1.82, 2.24) is 10.2 Å². The molecule has 3 aliphatic heterocycles. The Morgan fingerprint density at radius 3 is 3.17 bits per heavy atom. The number of hydrogen-bond acceptors (Lipinski definition) is 2. The molecule has 0 spiro atoms. The average Bonchev–Trinajstić information content (AvgIpc) is 2.62. The largest absolute Gasteiger partial charge is 0.315 e. The summed E-state index contributed by atoms with van der Waals surface area (Å²) in [7, 11) is 0. The highest BCUT2D eigenvalue weighted by Crippen LogP contribution is 2.36. The standard InChI is InChI=1S/C10H18N2/c1-2-4-12-9(3-1)5-8-6-11-7-10(8)12/h8-11H,1-7H2/t8-,9+,10-/m0/s1. The summed E-state index contributed by atoms with van der Waals surface area (Å²) < 4.78 is 0. The van der Waals surface area contributed by atoms with Crippen molar-refractivity contribution >= 4 is 0 Å². The topological polar surface area (TPSA) is 15.3 Å². The van der Waals surface area contributed by atoms with Crippen molar-refractivity contribution in [1.29, 1.82) is 0 Å². The fourth-order valence-corrected chi connectivity index (χ4v) is 3.41. The molecular formula is C10H18N2. The number of nitrogens with zero attached hydrogens (tertiary/aromatic N) is 1. The normalized spacial score (nSPS) is 47.5. The van der Waals surface area contributed by atoms with E-state index < -0.39 is 0 Å². The van der Waals surface area contributed by atoms with Gasteiger partial charge in [0, 0.05) is 18.6 Å². The Morgan fingerprint density at radius 2 is 2.17 bits per heavy atom. The highest BCUT2D eigenvalue weighted by Gasteiger charge is 2.43. The van der Waals surface area contributed by atoms with E-state index in [4.69, 9.17) is 0 Å². The number of fused-ring (bicyclic) bond motifs is 3. The van der Waals surface area contributed by atoms with Crippen LogP contribution in [-0.2, 0) is 0 Å². The molecule has 0 aromatic rings.